The molecule has 0 fully saturated rings. The number of aromatic amines is 1. The molecule has 0 saturated carbocycles. The predicted molar refractivity (Wildman–Crippen MR) is 75.6 cm³/mol. The molecule has 1 heterocycles. The molecule has 3 N–H and O–H groups in total. The normalized spacial score (nSPS) is 12.8. The molecule has 1 atom stereocenters. The van der Waals surface area contributed by atoms with Crippen molar-refractivity contribution in [3.05, 3.63) is 71.4 Å². The SMILES string of the molecule is NC[C@H](c1ccc(F)cc1)c1c[nH]c2ccc(F)cc12. The largest absolute Gasteiger partial charge is 0.361 e. The summed E-state index contributed by atoms with van der Waals surface area (Å²) in [4.78, 5) is 3.12. The second-order valence-electron chi connectivity index (χ2n) is 4.77. The van der Waals surface area contributed by atoms with Crippen LogP contribution in [0.4, 0.5) is 8.78 Å². The van der Waals surface area contributed by atoms with E-state index in [-0.39, 0.29) is 17.6 Å². The molecule has 0 unspecified atom stereocenters. The van der Waals surface area contributed by atoms with Gasteiger partial charge in [0.15, 0.2) is 0 Å². The minimum atomic E-state index is -0.284. The van der Waals surface area contributed by atoms with Crippen LogP contribution in [-0.2, 0) is 0 Å². The van der Waals surface area contributed by atoms with Crippen molar-refractivity contribution in [3.8, 4) is 0 Å². The summed E-state index contributed by atoms with van der Waals surface area (Å²) in [6.45, 7) is 0.370. The van der Waals surface area contributed by atoms with Gasteiger partial charge in [-0.2, -0.15) is 0 Å². The molecule has 4 heteroatoms. The average Bonchev–Trinajstić information content (AvgIpc) is 2.85. The highest BCUT2D eigenvalue weighted by atomic mass is 19.1. The fraction of sp³-hybridized carbons (Fsp3) is 0.125. The molecule has 0 spiro atoms. The van der Waals surface area contributed by atoms with Gasteiger partial charge in [0.2, 0.25) is 0 Å². The third-order valence-electron chi connectivity index (χ3n) is 3.56. The molecule has 2 nitrogen and oxygen atoms in total. The molecule has 0 bridgehead atoms. The number of rotatable bonds is 3. The Labute approximate surface area is 115 Å². The van der Waals surface area contributed by atoms with Gasteiger partial charge in [0.25, 0.3) is 0 Å². The van der Waals surface area contributed by atoms with Crippen molar-refractivity contribution in [2.24, 2.45) is 5.73 Å². The number of hydrogen-bond donors (Lipinski definition) is 2. The van der Waals surface area contributed by atoms with E-state index < -0.39 is 0 Å². The first kappa shape index (κ1) is 12.8. The van der Waals surface area contributed by atoms with Crippen LogP contribution in [0.5, 0.6) is 0 Å². The molecule has 0 aliphatic carbocycles. The molecule has 1 aromatic heterocycles. The van der Waals surface area contributed by atoms with E-state index in [0.717, 1.165) is 22.0 Å². The summed E-state index contributed by atoms with van der Waals surface area (Å²) in [7, 11) is 0. The first-order chi connectivity index (χ1) is 9.69. The Bertz CT molecular complexity index is 732. The van der Waals surface area contributed by atoms with Gasteiger partial charge < -0.3 is 10.7 Å². The molecule has 0 amide bonds. The summed E-state index contributed by atoms with van der Waals surface area (Å²) >= 11 is 0. The van der Waals surface area contributed by atoms with Crippen LogP contribution >= 0.6 is 0 Å². The van der Waals surface area contributed by atoms with Crippen molar-refractivity contribution in [2.45, 2.75) is 5.92 Å². The van der Waals surface area contributed by atoms with Gasteiger partial charge in [0.1, 0.15) is 11.6 Å². The molecule has 0 aliphatic rings. The number of nitrogens with one attached hydrogen (secondary N) is 1. The average molecular weight is 272 g/mol. The van der Waals surface area contributed by atoms with Crippen LogP contribution < -0.4 is 5.73 Å². The van der Waals surface area contributed by atoms with Gasteiger partial charge >= 0.3 is 0 Å². The van der Waals surface area contributed by atoms with Crippen molar-refractivity contribution in [3.63, 3.8) is 0 Å². The van der Waals surface area contributed by atoms with Crippen LogP contribution in [0, 0.1) is 11.6 Å². The van der Waals surface area contributed by atoms with Crippen molar-refractivity contribution in [1.82, 2.24) is 4.98 Å². The van der Waals surface area contributed by atoms with Gasteiger partial charge in [-0.1, -0.05) is 12.1 Å². The standard InChI is InChI=1S/C16H14F2N2/c17-11-3-1-10(2-4-11)14(8-19)15-9-20-16-6-5-12(18)7-13(15)16/h1-7,9,14,20H,8,19H2/t14-/m1/s1. The van der Waals surface area contributed by atoms with Gasteiger partial charge in [-0.3, -0.25) is 0 Å². The smallest absolute Gasteiger partial charge is 0.123 e. The molecule has 20 heavy (non-hydrogen) atoms. The lowest BCUT2D eigenvalue weighted by Crippen LogP contribution is -2.13. The fourth-order valence-electron chi connectivity index (χ4n) is 2.54. The molecule has 0 aliphatic heterocycles. The Morgan fingerprint density at radius 2 is 1.70 bits per heavy atom. The summed E-state index contributed by atoms with van der Waals surface area (Å²) in [5, 5.41) is 0.810. The predicted octanol–water partition coefficient (Wildman–Crippen LogP) is 3.54. The fourth-order valence-corrected chi connectivity index (χ4v) is 2.54. The highest BCUT2D eigenvalue weighted by Crippen LogP contribution is 2.30. The Kier molecular flexibility index (Phi) is 3.24. The zero-order valence-corrected chi connectivity index (χ0v) is 10.7. The van der Waals surface area contributed by atoms with E-state index >= 15 is 0 Å². The lowest BCUT2D eigenvalue weighted by molar-refractivity contribution is 0.626. The van der Waals surface area contributed by atoms with Gasteiger partial charge in [0.05, 0.1) is 0 Å². The molecule has 3 aromatic rings. The number of benzene rings is 2. The van der Waals surface area contributed by atoms with E-state index in [4.69, 9.17) is 5.73 Å². The van der Waals surface area contributed by atoms with Crippen LogP contribution in [0.1, 0.15) is 17.0 Å². The molecule has 102 valence electrons. The van der Waals surface area contributed by atoms with Gasteiger partial charge in [-0.25, -0.2) is 8.78 Å². The van der Waals surface area contributed by atoms with Crippen LogP contribution in [-0.4, -0.2) is 11.5 Å². The van der Waals surface area contributed by atoms with Gasteiger partial charge in [-0.15, -0.1) is 0 Å². The zero-order valence-electron chi connectivity index (χ0n) is 10.7. The number of hydrogen-bond acceptors (Lipinski definition) is 1. The lowest BCUT2D eigenvalue weighted by atomic mass is 9.91. The minimum Gasteiger partial charge on any atom is -0.361 e. The highest BCUT2D eigenvalue weighted by Gasteiger charge is 2.17. The quantitative estimate of drug-likeness (QED) is 0.752. The maximum Gasteiger partial charge on any atom is 0.123 e. The Morgan fingerprint density at radius 3 is 2.40 bits per heavy atom. The van der Waals surface area contributed by atoms with E-state index in [1.807, 2.05) is 6.20 Å². The third kappa shape index (κ3) is 2.18. The number of aromatic nitrogens is 1. The highest BCUT2D eigenvalue weighted by molar-refractivity contribution is 5.84. The lowest BCUT2D eigenvalue weighted by Gasteiger charge is -2.14. The number of halogens is 2. The summed E-state index contributed by atoms with van der Waals surface area (Å²) in [6.07, 6.45) is 1.84. The Morgan fingerprint density at radius 1 is 1.00 bits per heavy atom. The third-order valence-corrected chi connectivity index (χ3v) is 3.56. The first-order valence-electron chi connectivity index (χ1n) is 6.41. The summed E-state index contributed by atoms with van der Waals surface area (Å²) in [5.74, 6) is -0.658. The van der Waals surface area contributed by atoms with Crippen molar-refractivity contribution < 1.29 is 8.78 Å². The Hall–Kier alpha value is -2.20. The molecule has 3 rings (SSSR count). The molecule has 0 radical (unpaired) electrons. The zero-order chi connectivity index (χ0) is 14.1. The van der Waals surface area contributed by atoms with Gasteiger partial charge in [-0.05, 0) is 41.5 Å². The second-order valence-corrected chi connectivity index (χ2v) is 4.77. The summed E-state index contributed by atoms with van der Waals surface area (Å²) < 4.78 is 26.4. The Balaban J connectivity index is 2.11. The summed E-state index contributed by atoms with van der Waals surface area (Å²) in [6, 6.07) is 10.9. The van der Waals surface area contributed by atoms with Crippen molar-refractivity contribution in [2.75, 3.05) is 6.54 Å². The topological polar surface area (TPSA) is 41.8 Å². The molecular formula is C16H14F2N2. The molecule has 2 aromatic carbocycles. The number of fused-ring (bicyclic) bond motifs is 1. The van der Waals surface area contributed by atoms with Crippen LogP contribution in [0.25, 0.3) is 10.9 Å². The van der Waals surface area contributed by atoms with E-state index in [1.54, 1.807) is 18.2 Å². The van der Waals surface area contributed by atoms with E-state index in [1.165, 1.54) is 24.3 Å². The summed E-state index contributed by atoms with van der Waals surface area (Å²) in [5.41, 5.74) is 8.57. The maximum absolute atomic E-state index is 13.4. The van der Waals surface area contributed by atoms with E-state index in [9.17, 15) is 8.78 Å². The molecular weight excluding hydrogens is 258 g/mol. The number of nitrogens with two attached hydrogens (primary N) is 1. The minimum absolute atomic E-state index is 0.0915. The maximum atomic E-state index is 13.4. The second kappa shape index (κ2) is 5.06. The van der Waals surface area contributed by atoms with Crippen LogP contribution in [0.2, 0.25) is 0 Å². The number of H-pyrrole nitrogens is 1. The van der Waals surface area contributed by atoms with E-state index in [2.05, 4.69) is 4.98 Å². The van der Waals surface area contributed by atoms with Crippen molar-refractivity contribution in [1.29, 1.82) is 0 Å². The first-order valence-corrected chi connectivity index (χ1v) is 6.41. The van der Waals surface area contributed by atoms with Crippen molar-refractivity contribution >= 4 is 10.9 Å². The monoisotopic (exact) mass is 272 g/mol. The molecule has 0 saturated heterocycles. The van der Waals surface area contributed by atoms with E-state index in [0.29, 0.717) is 6.54 Å². The van der Waals surface area contributed by atoms with Crippen LogP contribution in [0.3, 0.4) is 0 Å². The van der Waals surface area contributed by atoms with Crippen LogP contribution in [0.15, 0.2) is 48.7 Å². The van der Waals surface area contributed by atoms with Gasteiger partial charge in [0, 0.05) is 29.6 Å².